The molecule has 0 saturated heterocycles. The Hall–Kier alpha value is -3.67. The van der Waals surface area contributed by atoms with Crippen molar-refractivity contribution < 1.29 is 23.1 Å². The first-order valence-electron chi connectivity index (χ1n) is 12.8. The van der Waals surface area contributed by atoms with Gasteiger partial charge in [-0.2, -0.15) is 0 Å². The van der Waals surface area contributed by atoms with Gasteiger partial charge in [0.2, 0.25) is 0 Å². The van der Waals surface area contributed by atoms with Crippen LogP contribution in [0.4, 0.5) is 17.1 Å². The number of rotatable bonds is 12. The van der Waals surface area contributed by atoms with E-state index in [2.05, 4.69) is 39.1 Å². The van der Waals surface area contributed by atoms with Crippen LogP contribution in [0.2, 0.25) is 0 Å². The second-order valence-corrected chi connectivity index (χ2v) is 11.7. The monoisotopic (exact) mass is 553 g/mol. The molecule has 0 spiro atoms. The standard InChI is InChI=1S/C28H35N5O5S/c1-4-38-27(35)23-16-25-24(17-29-23)30-19-33(25)14-13-28(2,3)31-18-26(34)20-9-8-10-21(15-20)32-39(36,37)22-11-6-5-7-12-22/h5-12,15-17,26,30-32,34H,4,13-14,18-19H2,1-3H3. The maximum absolute atomic E-state index is 12.7. The number of hydrogen-bond acceptors (Lipinski definition) is 9. The third-order valence-electron chi connectivity index (χ3n) is 6.53. The van der Waals surface area contributed by atoms with Crippen LogP contribution in [0.1, 0.15) is 49.3 Å². The average molecular weight is 554 g/mol. The Kier molecular flexibility index (Phi) is 8.73. The number of aliphatic hydroxyl groups excluding tert-OH is 1. The number of benzene rings is 2. The van der Waals surface area contributed by atoms with Crippen LogP contribution in [0.5, 0.6) is 0 Å². The molecule has 3 aromatic rings. The Morgan fingerprint density at radius 3 is 2.69 bits per heavy atom. The summed E-state index contributed by atoms with van der Waals surface area (Å²) in [7, 11) is -3.73. The zero-order valence-corrected chi connectivity index (χ0v) is 23.2. The van der Waals surface area contributed by atoms with E-state index in [1.807, 2.05) is 0 Å². The average Bonchev–Trinajstić information content (AvgIpc) is 3.33. The van der Waals surface area contributed by atoms with Gasteiger partial charge >= 0.3 is 5.97 Å². The molecule has 4 rings (SSSR count). The topological polar surface area (TPSA) is 133 Å². The summed E-state index contributed by atoms with van der Waals surface area (Å²) < 4.78 is 33.0. The Bertz CT molecular complexity index is 1400. The van der Waals surface area contributed by atoms with Crippen LogP contribution in [0, 0.1) is 0 Å². The molecule has 1 aliphatic heterocycles. The van der Waals surface area contributed by atoms with Crippen LogP contribution in [-0.2, 0) is 14.8 Å². The molecule has 2 aromatic carbocycles. The molecule has 0 radical (unpaired) electrons. The van der Waals surface area contributed by atoms with E-state index in [-0.39, 0.29) is 22.7 Å². The molecule has 0 saturated carbocycles. The van der Waals surface area contributed by atoms with Gasteiger partial charge in [0, 0.05) is 24.3 Å². The van der Waals surface area contributed by atoms with Gasteiger partial charge in [0.1, 0.15) is 0 Å². The van der Waals surface area contributed by atoms with Gasteiger partial charge in [0.05, 0.1) is 41.8 Å². The maximum atomic E-state index is 12.7. The van der Waals surface area contributed by atoms with Crippen LogP contribution >= 0.6 is 0 Å². The summed E-state index contributed by atoms with van der Waals surface area (Å²) in [4.78, 5) is 18.6. The van der Waals surface area contributed by atoms with Crippen LogP contribution in [0.15, 0.2) is 71.8 Å². The van der Waals surface area contributed by atoms with Crippen molar-refractivity contribution in [1.29, 1.82) is 0 Å². The number of nitrogens with one attached hydrogen (secondary N) is 3. The normalized spacial score (nSPS) is 13.9. The summed E-state index contributed by atoms with van der Waals surface area (Å²) in [6, 6.07) is 16.7. The summed E-state index contributed by atoms with van der Waals surface area (Å²) in [6.45, 7) is 7.77. The zero-order valence-electron chi connectivity index (χ0n) is 22.3. The number of fused-ring (bicyclic) bond motifs is 1. The number of sulfonamides is 1. The van der Waals surface area contributed by atoms with E-state index in [9.17, 15) is 18.3 Å². The Morgan fingerprint density at radius 1 is 1.18 bits per heavy atom. The van der Waals surface area contributed by atoms with Crippen molar-refractivity contribution in [2.24, 2.45) is 0 Å². The lowest BCUT2D eigenvalue weighted by Gasteiger charge is -2.30. The number of anilines is 3. The van der Waals surface area contributed by atoms with Crippen LogP contribution in [-0.4, -0.2) is 56.4 Å². The van der Waals surface area contributed by atoms with E-state index in [0.717, 1.165) is 17.8 Å². The van der Waals surface area contributed by atoms with Gasteiger partial charge in [-0.25, -0.2) is 18.2 Å². The molecule has 10 nitrogen and oxygen atoms in total. The molecule has 0 aliphatic carbocycles. The minimum atomic E-state index is -3.73. The lowest BCUT2D eigenvalue weighted by molar-refractivity contribution is 0.0519. The minimum Gasteiger partial charge on any atom is -0.461 e. The van der Waals surface area contributed by atoms with Crippen molar-refractivity contribution in [1.82, 2.24) is 10.3 Å². The quantitative estimate of drug-likeness (QED) is 0.248. The van der Waals surface area contributed by atoms with Gasteiger partial charge in [0.15, 0.2) is 5.69 Å². The van der Waals surface area contributed by atoms with Crippen LogP contribution < -0.4 is 20.3 Å². The van der Waals surface area contributed by atoms with Crippen LogP contribution in [0.3, 0.4) is 0 Å². The molecule has 208 valence electrons. The van der Waals surface area contributed by atoms with E-state index in [1.54, 1.807) is 61.7 Å². The van der Waals surface area contributed by atoms with Crippen molar-refractivity contribution in [3.8, 4) is 0 Å². The number of hydrogen-bond donors (Lipinski definition) is 4. The third-order valence-corrected chi connectivity index (χ3v) is 7.92. The zero-order chi connectivity index (χ0) is 28.0. The van der Waals surface area contributed by atoms with E-state index in [4.69, 9.17) is 4.74 Å². The van der Waals surface area contributed by atoms with E-state index < -0.39 is 22.1 Å². The first-order valence-corrected chi connectivity index (χ1v) is 14.3. The molecule has 11 heteroatoms. The third kappa shape index (κ3) is 7.25. The smallest absolute Gasteiger partial charge is 0.356 e. The summed E-state index contributed by atoms with van der Waals surface area (Å²) in [6.07, 6.45) is 1.57. The number of aliphatic hydroxyl groups is 1. The van der Waals surface area contributed by atoms with Gasteiger partial charge in [-0.1, -0.05) is 30.3 Å². The number of carbonyl (C=O) groups excluding carboxylic acids is 1. The predicted molar refractivity (Wildman–Crippen MR) is 151 cm³/mol. The Morgan fingerprint density at radius 2 is 1.95 bits per heavy atom. The lowest BCUT2D eigenvalue weighted by Crippen LogP contribution is -2.44. The summed E-state index contributed by atoms with van der Waals surface area (Å²) in [5.41, 5.74) is 2.71. The first-order chi connectivity index (χ1) is 18.6. The molecular weight excluding hydrogens is 518 g/mol. The Labute approximate surface area is 229 Å². The second-order valence-electron chi connectivity index (χ2n) is 9.98. The fourth-order valence-corrected chi connectivity index (χ4v) is 5.31. The molecule has 1 unspecified atom stereocenters. The van der Waals surface area contributed by atoms with E-state index in [0.29, 0.717) is 31.1 Å². The number of esters is 1. The fraction of sp³-hybridized carbons (Fsp3) is 0.357. The van der Waals surface area contributed by atoms with Crippen molar-refractivity contribution in [3.05, 3.63) is 78.1 Å². The molecule has 0 bridgehead atoms. The number of nitrogens with zero attached hydrogens (tertiary/aromatic N) is 2. The number of carbonyl (C=O) groups is 1. The van der Waals surface area contributed by atoms with E-state index in [1.165, 1.54) is 12.1 Å². The second kappa shape index (κ2) is 12.0. The summed E-state index contributed by atoms with van der Waals surface area (Å²) >= 11 is 0. The molecule has 1 aromatic heterocycles. The van der Waals surface area contributed by atoms with Crippen LogP contribution in [0.25, 0.3) is 0 Å². The summed E-state index contributed by atoms with van der Waals surface area (Å²) in [5, 5.41) is 17.6. The highest BCUT2D eigenvalue weighted by molar-refractivity contribution is 7.92. The highest BCUT2D eigenvalue weighted by Crippen LogP contribution is 2.32. The van der Waals surface area contributed by atoms with Crippen molar-refractivity contribution >= 4 is 33.1 Å². The fourth-order valence-electron chi connectivity index (χ4n) is 4.24. The number of pyridine rings is 1. The van der Waals surface area contributed by atoms with Gasteiger partial charge < -0.3 is 25.4 Å². The minimum absolute atomic E-state index is 0.170. The largest absolute Gasteiger partial charge is 0.461 e. The number of β-amino-alcohol motifs (C(OH)–C–C–N with tert-alkyl or cyclic N) is 1. The SMILES string of the molecule is CCOC(=O)c1cc2c(cn1)NCN2CCC(C)(C)NCC(O)c1cccc(NS(=O)(=O)c2ccccc2)c1. The molecule has 1 atom stereocenters. The number of ether oxygens (including phenoxy) is 1. The van der Waals surface area contributed by atoms with Crippen molar-refractivity contribution in [2.45, 2.75) is 43.7 Å². The highest BCUT2D eigenvalue weighted by atomic mass is 32.2. The highest BCUT2D eigenvalue weighted by Gasteiger charge is 2.25. The molecule has 0 amide bonds. The molecule has 2 heterocycles. The molecule has 4 N–H and O–H groups in total. The van der Waals surface area contributed by atoms with Crippen molar-refractivity contribution in [2.75, 3.05) is 41.3 Å². The van der Waals surface area contributed by atoms with Gasteiger partial charge in [-0.15, -0.1) is 0 Å². The summed E-state index contributed by atoms with van der Waals surface area (Å²) in [5.74, 6) is -0.444. The number of aromatic nitrogens is 1. The Balaban J connectivity index is 1.33. The molecular formula is C28H35N5O5S. The predicted octanol–water partition coefficient (Wildman–Crippen LogP) is 3.74. The van der Waals surface area contributed by atoms with E-state index >= 15 is 0 Å². The van der Waals surface area contributed by atoms with Gasteiger partial charge in [0.25, 0.3) is 10.0 Å². The van der Waals surface area contributed by atoms with Gasteiger partial charge in [-0.05, 0) is 63.1 Å². The van der Waals surface area contributed by atoms with Crippen molar-refractivity contribution in [3.63, 3.8) is 0 Å². The van der Waals surface area contributed by atoms with Gasteiger partial charge in [-0.3, -0.25) is 4.72 Å². The maximum Gasteiger partial charge on any atom is 0.356 e. The first kappa shape index (κ1) is 28.3. The molecule has 0 fully saturated rings. The molecule has 39 heavy (non-hydrogen) atoms. The lowest BCUT2D eigenvalue weighted by atomic mass is 9.99. The molecule has 1 aliphatic rings.